The molecule has 29 heavy (non-hydrogen) atoms. The number of benzene rings is 1. The number of hydrogen-bond acceptors (Lipinski definition) is 6. The number of aryl methyl sites for hydroxylation is 1. The Labute approximate surface area is 177 Å². The molecule has 2 heterocycles. The molecule has 0 aliphatic carbocycles. The van der Waals surface area contributed by atoms with Crippen LogP contribution in [-0.2, 0) is 27.6 Å². The Morgan fingerprint density at radius 3 is 2.72 bits per heavy atom. The summed E-state index contributed by atoms with van der Waals surface area (Å²) >= 11 is 1.48. The fraction of sp³-hybridized carbons (Fsp3) is 0.524. The molecule has 6 nitrogen and oxygen atoms in total. The average Bonchev–Trinajstić information content (AvgIpc) is 3.26. The highest BCUT2D eigenvalue weighted by Gasteiger charge is 2.32. The predicted molar refractivity (Wildman–Crippen MR) is 118 cm³/mol. The highest BCUT2D eigenvalue weighted by Crippen LogP contribution is 2.22. The smallest absolute Gasteiger partial charge is 0.231 e. The van der Waals surface area contributed by atoms with Gasteiger partial charge < -0.3 is 5.32 Å². The highest BCUT2D eigenvalue weighted by molar-refractivity contribution is 7.91. The molecule has 1 saturated heterocycles. The molecular weight excluding hydrogens is 406 g/mol. The van der Waals surface area contributed by atoms with E-state index in [2.05, 4.69) is 22.1 Å². The van der Waals surface area contributed by atoms with Gasteiger partial charge in [-0.25, -0.2) is 13.4 Å². The summed E-state index contributed by atoms with van der Waals surface area (Å²) in [5.74, 6) is 0.438. The molecule has 0 saturated carbocycles. The van der Waals surface area contributed by atoms with Gasteiger partial charge in [-0.3, -0.25) is 9.69 Å². The zero-order valence-electron chi connectivity index (χ0n) is 17.1. The van der Waals surface area contributed by atoms with Crippen LogP contribution in [0.25, 0.3) is 0 Å². The van der Waals surface area contributed by atoms with Gasteiger partial charge in [-0.1, -0.05) is 31.0 Å². The molecule has 1 aromatic heterocycles. The Morgan fingerprint density at radius 2 is 2.07 bits per heavy atom. The minimum atomic E-state index is -2.91. The van der Waals surface area contributed by atoms with Crippen molar-refractivity contribution < 1.29 is 13.2 Å². The summed E-state index contributed by atoms with van der Waals surface area (Å²) in [7, 11) is -2.91. The van der Waals surface area contributed by atoms with Crippen LogP contribution in [0.3, 0.4) is 0 Å². The molecule has 8 heteroatoms. The molecule has 3 rings (SSSR count). The lowest BCUT2D eigenvalue weighted by atomic mass is 10.2. The van der Waals surface area contributed by atoms with E-state index < -0.39 is 9.84 Å². The number of nitrogens with zero attached hydrogens (tertiary/aromatic N) is 2. The second kappa shape index (κ2) is 9.82. The van der Waals surface area contributed by atoms with E-state index in [0.717, 1.165) is 41.3 Å². The molecule has 2 aromatic rings. The Bertz CT molecular complexity index is 923. The van der Waals surface area contributed by atoms with Crippen molar-refractivity contribution in [1.82, 2.24) is 9.88 Å². The maximum atomic E-state index is 12.3. The first-order valence-electron chi connectivity index (χ1n) is 10.1. The topological polar surface area (TPSA) is 79.4 Å². The Hall–Kier alpha value is -1.77. The Kier molecular flexibility index (Phi) is 7.43. The SMILES string of the molecule is CCCCN(Cc1csc(CC(=O)Nc2ccc(C)cc2)n1)C1CCS(=O)(=O)C1. The molecule has 0 spiro atoms. The summed E-state index contributed by atoms with van der Waals surface area (Å²) in [4.78, 5) is 19.2. The monoisotopic (exact) mass is 435 g/mol. The molecule has 1 aliphatic heterocycles. The number of aromatic nitrogens is 1. The summed E-state index contributed by atoms with van der Waals surface area (Å²) in [6, 6.07) is 7.78. The van der Waals surface area contributed by atoms with E-state index >= 15 is 0 Å². The van der Waals surface area contributed by atoms with Crippen LogP contribution in [0.5, 0.6) is 0 Å². The molecule has 1 N–H and O–H groups in total. The largest absolute Gasteiger partial charge is 0.326 e. The lowest BCUT2D eigenvalue weighted by Gasteiger charge is -2.27. The van der Waals surface area contributed by atoms with Crippen molar-refractivity contribution in [3.63, 3.8) is 0 Å². The minimum Gasteiger partial charge on any atom is -0.326 e. The number of sulfone groups is 1. The van der Waals surface area contributed by atoms with Gasteiger partial charge >= 0.3 is 0 Å². The minimum absolute atomic E-state index is 0.0709. The Balaban J connectivity index is 1.58. The van der Waals surface area contributed by atoms with Crippen LogP contribution in [-0.4, -0.2) is 48.3 Å². The number of nitrogens with one attached hydrogen (secondary N) is 1. The van der Waals surface area contributed by atoms with Gasteiger partial charge in [-0.05, 0) is 38.4 Å². The lowest BCUT2D eigenvalue weighted by Crippen LogP contribution is -2.36. The van der Waals surface area contributed by atoms with Crippen molar-refractivity contribution in [2.45, 2.75) is 52.1 Å². The standard InChI is InChI=1S/C21H29N3O3S2/c1-3-4-10-24(19-9-11-29(26,27)15-19)13-18-14-28-21(23-18)12-20(25)22-17-7-5-16(2)6-8-17/h5-8,14,19H,3-4,9-13,15H2,1-2H3,(H,22,25). The van der Waals surface area contributed by atoms with Gasteiger partial charge in [-0.2, -0.15) is 0 Å². The summed E-state index contributed by atoms with van der Waals surface area (Å²) in [6.07, 6.45) is 3.04. The van der Waals surface area contributed by atoms with Crippen molar-refractivity contribution in [2.75, 3.05) is 23.4 Å². The van der Waals surface area contributed by atoms with Gasteiger partial charge in [0.05, 0.1) is 23.6 Å². The first kappa shape index (κ1) is 21.9. The maximum absolute atomic E-state index is 12.3. The van der Waals surface area contributed by atoms with E-state index in [1.54, 1.807) is 0 Å². The predicted octanol–water partition coefficient (Wildman–Crippen LogP) is 3.42. The van der Waals surface area contributed by atoms with Crippen molar-refractivity contribution in [1.29, 1.82) is 0 Å². The fourth-order valence-electron chi connectivity index (χ4n) is 3.51. The number of hydrogen-bond donors (Lipinski definition) is 1. The fourth-order valence-corrected chi connectivity index (χ4v) is 6.05. The van der Waals surface area contributed by atoms with Crippen LogP contribution in [0.1, 0.15) is 42.5 Å². The van der Waals surface area contributed by atoms with E-state index in [-0.39, 0.29) is 29.9 Å². The molecule has 1 aromatic carbocycles. The second-order valence-corrected chi connectivity index (χ2v) is 10.9. The van der Waals surface area contributed by atoms with E-state index in [9.17, 15) is 13.2 Å². The first-order chi connectivity index (χ1) is 13.8. The molecule has 1 unspecified atom stereocenters. The zero-order chi connectivity index (χ0) is 20.9. The third kappa shape index (κ3) is 6.62. The molecule has 158 valence electrons. The Morgan fingerprint density at radius 1 is 1.31 bits per heavy atom. The number of thiazole rings is 1. The number of anilines is 1. The van der Waals surface area contributed by atoms with Gasteiger partial charge in [0.1, 0.15) is 5.01 Å². The van der Waals surface area contributed by atoms with Gasteiger partial charge in [0, 0.05) is 23.7 Å². The molecule has 1 amide bonds. The molecule has 0 radical (unpaired) electrons. The number of carbonyl (C=O) groups excluding carboxylic acids is 1. The molecule has 1 fully saturated rings. The molecule has 1 aliphatic rings. The number of unbranched alkanes of at least 4 members (excludes halogenated alkanes) is 1. The van der Waals surface area contributed by atoms with Gasteiger partial charge in [-0.15, -0.1) is 11.3 Å². The van der Waals surface area contributed by atoms with E-state index in [0.29, 0.717) is 13.0 Å². The van der Waals surface area contributed by atoms with E-state index in [1.165, 1.54) is 11.3 Å². The van der Waals surface area contributed by atoms with E-state index in [4.69, 9.17) is 0 Å². The highest BCUT2D eigenvalue weighted by atomic mass is 32.2. The van der Waals surface area contributed by atoms with Crippen molar-refractivity contribution >= 4 is 32.8 Å². The summed E-state index contributed by atoms with van der Waals surface area (Å²) < 4.78 is 23.8. The van der Waals surface area contributed by atoms with Crippen LogP contribution >= 0.6 is 11.3 Å². The van der Waals surface area contributed by atoms with Crippen LogP contribution in [0.4, 0.5) is 5.69 Å². The van der Waals surface area contributed by atoms with Crippen LogP contribution < -0.4 is 5.32 Å². The third-order valence-electron chi connectivity index (χ3n) is 5.14. The zero-order valence-corrected chi connectivity index (χ0v) is 18.7. The summed E-state index contributed by atoms with van der Waals surface area (Å²) in [6.45, 7) is 5.65. The van der Waals surface area contributed by atoms with Crippen molar-refractivity contribution in [2.24, 2.45) is 0 Å². The normalized spacial score (nSPS) is 18.2. The van der Waals surface area contributed by atoms with E-state index in [1.807, 2.05) is 36.6 Å². The average molecular weight is 436 g/mol. The van der Waals surface area contributed by atoms with Crippen LogP contribution in [0, 0.1) is 6.92 Å². The van der Waals surface area contributed by atoms with Gasteiger partial charge in [0.15, 0.2) is 9.84 Å². The maximum Gasteiger partial charge on any atom is 0.231 e. The van der Waals surface area contributed by atoms with Crippen LogP contribution in [0.2, 0.25) is 0 Å². The van der Waals surface area contributed by atoms with Gasteiger partial charge in [0.25, 0.3) is 0 Å². The summed E-state index contributed by atoms with van der Waals surface area (Å²) in [5, 5.41) is 5.66. The van der Waals surface area contributed by atoms with Crippen molar-refractivity contribution in [3.8, 4) is 0 Å². The van der Waals surface area contributed by atoms with Crippen LogP contribution in [0.15, 0.2) is 29.6 Å². The quantitative estimate of drug-likeness (QED) is 0.653. The summed E-state index contributed by atoms with van der Waals surface area (Å²) in [5.41, 5.74) is 2.84. The molecular formula is C21H29N3O3S2. The molecule has 0 bridgehead atoms. The van der Waals surface area contributed by atoms with Gasteiger partial charge in [0.2, 0.25) is 5.91 Å². The number of carbonyl (C=O) groups is 1. The third-order valence-corrected chi connectivity index (χ3v) is 7.78. The second-order valence-electron chi connectivity index (χ2n) is 7.70. The number of amides is 1. The first-order valence-corrected chi connectivity index (χ1v) is 12.8. The number of rotatable bonds is 9. The molecule has 1 atom stereocenters. The van der Waals surface area contributed by atoms with Crippen molar-refractivity contribution in [3.05, 3.63) is 45.9 Å². The lowest BCUT2D eigenvalue weighted by molar-refractivity contribution is -0.115.